The number of ketones is 1. The molecule has 0 aromatic heterocycles. The van der Waals surface area contributed by atoms with Gasteiger partial charge in [-0.2, -0.15) is 0 Å². The van der Waals surface area contributed by atoms with Gasteiger partial charge in [-0.3, -0.25) is 14.9 Å². The Hall–Kier alpha value is -3.85. The summed E-state index contributed by atoms with van der Waals surface area (Å²) in [4.78, 5) is 38.2. The van der Waals surface area contributed by atoms with Gasteiger partial charge in [0.2, 0.25) is 0 Å². The topological polar surface area (TPSA) is 117 Å². The van der Waals surface area contributed by atoms with Gasteiger partial charge in [0, 0.05) is 35.4 Å². The Morgan fingerprint density at radius 3 is 2.44 bits per heavy atom. The molecule has 1 heterocycles. The third-order valence-electron chi connectivity index (χ3n) is 6.97. The Balaban J connectivity index is 1.80. The van der Waals surface area contributed by atoms with Crippen LogP contribution < -0.4 is 14.8 Å². The van der Waals surface area contributed by atoms with Crippen LogP contribution in [0.1, 0.15) is 56.6 Å². The molecule has 0 spiro atoms. The van der Waals surface area contributed by atoms with Crippen molar-refractivity contribution in [3.8, 4) is 11.5 Å². The van der Waals surface area contributed by atoms with Crippen LogP contribution in [0.4, 0.5) is 5.69 Å². The fraction of sp³-hybridized carbons (Fsp3) is 0.379. The van der Waals surface area contributed by atoms with Crippen molar-refractivity contribution < 1.29 is 28.7 Å². The van der Waals surface area contributed by atoms with Gasteiger partial charge in [-0.15, -0.1) is 0 Å². The van der Waals surface area contributed by atoms with Crippen molar-refractivity contribution in [1.82, 2.24) is 5.32 Å². The van der Waals surface area contributed by atoms with E-state index in [1.165, 1.54) is 12.1 Å². The highest BCUT2D eigenvalue weighted by Gasteiger charge is 2.42. The molecule has 0 amide bonds. The number of Topliss-reactive ketones (excluding diaryl/α,β-unsaturated/α-hetero) is 1. The summed E-state index contributed by atoms with van der Waals surface area (Å²) >= 11 is 6.09. The first kappa shape index (κ1) is 28.2. The first-order valence-corrected chi connectivity index (χ1v) is 13.0. The molecule has 39 heavy (non-hydrogen) atoms. The van der Waals surface area contributed by atoms with E-state index in [1.807, 2.05) is 26.0 Å². The maximum atomic E-state index is 13.8. The number of dihydropyridines is 1. The van der Waals surface area contributed by atoms with E-state index < -0.39 is 16.8 Å². The summed E-state index contributed by atoms with van der Waals surface area (Å²) in [7, 11) is 3.12. The molecule has 0 fully saturated rings. The minimum Gasteiger partial charge on any atom is -0.493 e. The van der Waals surface area contributed by atoms with Gasteiger partial charge in [0.1, 0.15) is 5.02 Å². The van der Waals surface area contributed by atoms with Crippen molar-refractivity contribution in [2.24, 2.45) is 5.92 Å². The van der Waals surface area contributed by atoms with Crippen molar-refractivity contribution in [2.75, 3.05) is 20.8 Å². The lowest BCUT2D eigenvalue weighted by Crippen LogP contribution is -2.36. The van der Waals surface area contributed by atoms with Crippen LogP contribution in [0, 0.1) is 16.0 Å². The number of allylic oxidation sites excluding steroid dienone is 3. The van der Waals surface area contributed by atoms with Gasteiger partial charge in [-0.25, -0.2) is 4.79 Å². The minimum atomic E-state index is -0.837. The highest BCUT2D eigenvalue weighted by atomic mass is 35.5. The summed E-state index contributed by atoms with van der Waals surface area (Å²) in [5.41, 5.74) is 2.91. The van der Waals surface area contributed by atoms with Crippen LogP contribution in [-0.4, -0.2) is 37.5 Å². The number of nitrogens with zero attached hydrogens (tertiary/aromatic N) is 1. The lowest BCUT2D eigenvalue weighted by Gasteiger charge is -2.36. The van der Waals surface area contributed by atoms with Crippen LogP contribution in [0.15, 0.2) is 58.9 Å². The number of carbonyl (C=O) groups excluding carboxylic acids is 2. The molecular formula is C29H31ClN2O7. The predicted molar refractivity (Wildman–Crippen MR) is 146 cm³/mol. The maximum absolute atomic E-state index is 13.8. The van der Waals surface area contributed by atoms with Crippen molar-refractivity contribution in [1.29, 1.82) is 0 Å². The normalized spacial score (nSPS) is 19.0. The van der Waals surface area contributed by atoms with E-state index in [1.54, 1.807) is 33.3 Å². The second kappa shape index (κ2) is 11.5. The molecule has 1 aliphatic carbocycles. The predicted octanol–water partition coefficient (Wildman–Crippen LogP) is 5.83. The number of halogens is 1. The van der Waals surface area contributed by atoms with Gasteiger partial charge in [0.05, 0.1) is 31.3 Å². The molecule has 0 radical (unpaired) electrons. The van der Waals surface area contributed by atoms with Gasteiger partial charge in [0.15, 0.2) is 17.3 Å². The smallest absolute Gasteiger partial charge is 0.336 e. The number of esters is 1. The molecule has 10 heteroatoms. The van der Waals surface area contributed by atoms with Crippen LogP contribution in [0.3, 0.4) is 0 Å². The molecule has 2 aromatic carbocycles. The van der Waals surface area contributed by atoms with E-state index >= 15 is 0 Å². The standard InChI is InChI=1S/C29H31ClN2O7/c1-15(2)14-39-29(34)26-16(3)31-21-10-19(17-7-9-24(37-4)25(13-17)38-5)12-23(33)28(21)27(26)18-6-8-20(30)22(11-18)32(35)36/h6-9,11,13,15,19,27,31H,10,12,14H2,1-5H3/t19-,27+/m1/s1. The van der Waals surface area contributed by atoms with E-state index in [-0.39, 0.29) is 46.9 Å². The Morgan fingerprint density at radius 1 is 1.10 bits per heavy atom. The second-order valence-electron chi connectivity index (χ2n) is 10.1. The zero-order valence-electron chi connectivity index (χ0n) is 22.5. The molecule has 2 aliphatic rings. The molecule has 0 saturated heterocycles. The number of nitrogens with one attached hydrogen (secondary N) is 1. The average Bonchev–Trinajstić information content (AvgIpc) is 2.90. The molecule has 0 bridgehead atoms. The van der Waals surface area contributed by atoms with Gasteiger partial charge >= 0.3 is 5.97 Å². The first-order valence-electron chi connectivity index (χ1n) is 12.6. The second-order valence-corrected chi connectivity index (χ2v) is 10.5. The Labute approximate surface area is 231 Å². The molecule has 9 nitrogen and oxygen atoms in total. The summed E-state index contributed by atoms with van der Waals surface area (Å²) in [6, 6.07) is 9.95. The lowest BCUT2D eigenvalue weighted by atomic mass is 9.71. The third kappa shape index (κ3) is 5.63. The van der Waals surface area contributed by atoms with Crippen LogP contribution in [0.5, 0.6) is 11.5 Å². The first-order chi connectivity index (χ1) is 18.5. The zero-order chi connectivity index (χ0) is 28.4. The van der Waals surface area contributed by atoms with E-state index in [0.717, 1.165) is 5.56 Å². The fourth-order valence-electron chi connectivity index (χ4n) is 5.15. The number of nitro groups is 1. The third-order valence-corrected chi connectivity index (χ3v) is 7.29. The number of carbonyl (C=O) groups is 2. The molecule has 1 aliphatic heterocycles. The van der Waals surface area contributed by atoms with Crippen molar-refractivity contribution in [2.45, 2.75) is 45.4 Å². The summed E-state index contributed by atoms with van der Waals surface area (Å²) < 4.78 is 16.4. The SMILES string of the molecule is COc1ccc([C@H]2CC(=O)C3=C(C2)NC(C)=C(C(=O)OCC(C)C)[C@@H]3c2ccc(Cl)c([N+](=O)[O-])c2)cc1OC. The van der Waals surface area contributed by atoms with Crippen molar-refractivity contribution in [3.63, 3.8) is 0 Å². The molecular weight excluding hydrogens is 524 g/mol. The van der Waals surface area contributed by atoms with E-state index in [0.29, 0.717) is 40.5 Å². The van der Waals surface area contributed by atoms with Gasteiger partial charge in [-0.1, -0.05) is 37.6 Å². The molecule has 4 rings (SSSR count). The average molecular weight is 555 g/mol. The number of nitro benzene ring substituents is 1. The lowest BCUT2D eigenvalue weighted by molar-refractivity contribution is -0.384. The molecule has 2 aromatic rings. The quantitative estimate of drug-likeness (QED) is 0.246. The monoisotopic (exact) mass is 554 g/mol. The Kier molecular flexibility index (Phi) is 8.30. The largest absolute Gasteiger partial charge is 0.493 e. The van der Waals surface area contributed by atoms with Gasteiger partial charge in [0.25, 0.3) is 5.69 Å². The Morgan fingerprint density at radius 2 is 1.79 bits per heavy atom. The summed E-state index contributed by atoms with van der Waals surface area (Å²) in [5, 5.41) is 14.9. The molecule has 1 N–H and O–H groups in total. The van der Waals surface area contributed by atoms with E-state index in [2.05, 4.69) is 5.32 Å². The summed E-state index contributed by atoms with van der Waals surface area (Å²) in [5.74, 6) is -0.453. The Bertz CT molecular complexity index is 1400. The minimum absolute atomic E-state index is 0.0278. The number of methoxy groups -OCH3 is 2. The van der Waals surface area contributed by atoms with Crippen LogP contribution in [0.25, 0.3) is 0 Å². The molecule has 2 atom stereocenters. The van der Waals surface area contributed by atoms with Gasteiger partial charge in [-0.05, 0) is 54.5 Å². The molecule has 0 saturated carbocycles. The molecule has 206 valence electrons. The maximum Gasteiger partial charge on any atom is 0.336 e. The van der Waals surface area contributed by atoms with Crippen molar-refractivity contribution >= 4 is 29.0 Å². The highest BCUT2D eigenvalue weighted by molar-refractivity contribution is 6.32. The van der Waals surface area contributed by atoms with E-state index in [9.17, 15) is 19.7 Å². The number of rotatable bonds is 8. The summed E-state index contributed by atoms with van der Waals surface area (Å²) in [6.07, 6.45) is 0.684. The van der Waals surface area contributed by atoms with E-state index in [4.69, 9.17) is 25.8 Å². The zero-order valence-corrected chi connectivity index (χ0v) is 23.3. The molecule has 0 unspecified atom stereocenters. The van der Waals surface area contributed by atoms with Gasteiger partial charge < -0.3 is 19.5 Å². The van der Waals surface area contributed by atoms with Crippen LogP contribution in [-0.2, 0) is 14.3 Å². The number of ether oxygens (including phenoxy) is 3. The highest BCUT2D eigenvalue weighted by Crippen LogP contribution is 2.47. The van der Waals surface area contributed by atoms with Crippen molar-refractivity contribution in [3.05, 3.63) is 85.2 Å². The number of benzene rings is 2. The summed E-state index contributed by atoms with van der Waals surface area (Å²) in [6.45, 7) is 5.79. The number of hydrogen-bond acceptors (Lipinski definition) is 8. The number of hydrogen-bond donors (Lipinski definition) is 1. The van der Waals surface area contributed by atoms with Crippen LogP contribution in [0.2, 0.25) is 5.02 Å². The fourth-order valence-corrected chi connectivity index (χ4v) is 5.34. The van der Waals surface area contributed by atoms with Crippen LogP contribution >= 0.6 is 11.6 Å².